The Balaban J connectivity index is 1.53. The molecule has 1 aromatic carbocycles. The van der Waals surface area contributed by atoms with Crippen LogP contribution in [0.5, 0.6) is 0 Å². The van der Waals surface area contributed by atoms with Crippen molar-refractivity contribution in [1.29, 1.82) is 0 Å². The molecule has 2 N–H and O–H groups in total. The molecule has 1 aliphatic carbocycles. The highest BCUT2D eigenvalue weighted by Crippen LogP contribution is 2.28. The molecule has 23 heavy (non-hydrogen) atoms. The van der Waals surface area contributed by atoms with Gasteiger partial charge < -0.3 is 10.6 Å². The van der Waals surface area contributed by atoms with Gasteiger partial charge in [0.05, 0.1) is 0 Å². The normalized spacial score (nSPS) is 27.2. The number of hydrogen-bond acceptors (Lipinski definition) is 3. The third-order valence-corrected chi connectivity index (χ3v) is 5.88. The van der Waals surface area contributed by atoms with Gasteiger partial charge in [0.1, 0.15) is 0 Å². The first-order chi connectivity index (χ1) is 11.0. The zero-order valence-electron chi connectivity index (χ0n) is 13.7. The van der Waals surface area contributed by atoms with Crippen molar-refractivity contribution in [2.75, 3.05) is 26.2 Å². The van der Waals surface area contributed by atoms with Crippen molar-refractivity contribution >= 4 is 21.8 Å². The molecule has 3 unspecified atom stereocenters. The third kappa shape index (κ3) is 3.95. The maximum absolute atomic E-state index is 12.6. The van der Waals surface area contributed by atoms with E-state index in [4.69, 9.17) is 5.73 Å². The molecule has 3 atom stereocenters. The Labute approximate surface area is 147 Å². The summed E-state index contributed by atoms with van der Waals surface area (Å²) in [6.45, 7) is 5.82. The molecule has 0 aromatic heterocycles. The Hall–Kier alpha value is -0.910. The van der Waals surface area contributed by atoms with Crippen molar-refractivity contribution in [2.45, 2.75) is 38.3 Å². The predicted octanol–water partition coefficient (Wildman–Crippen LogP) is 2.78. The first-order valence-corrected chi connectivity index (χ1v) is 9.38. The van der Waals surface area contributed by atoms with Crippen LogP contribution < -0.4 is 5.73 Å². The lowest BCUT2D eigenvalue weighted by atomic mass is 10.0. The molecule has 0 radical (unpaired) electrons. The highest BCUT2D eigenvalue weighted by Gasteiger charge is 2.33. The van der Waals surface area contributed by atoms with E-state index in [1.807, 2.05) is 4.90 Å². The molecular weight excluding hydrogens is 354 g/mol. The molecule has 0 bridgehead atoms. The number of carbonyl (C=O) groups excluding carboxylic acids is 1. The molecular formula is C18H26BrN3O. The Morgan fingerprint density at radius 3 is 2.39 bits per heavy atom. The molecule has 1 aliphatic heterocycles. The molecule has 1 saturated heterocycles. The van der Waals surface area contributed by atoms with Gasteiger partial charge in [0.15, 0.2) is 0 Å². The van der Waals surface area contributed by atoms with Crippen LogP contribution in [0, 0.1) is 5.92 Å². The van der Waals surface area contributed by atoms with Crippen LogP contribution in [-0.4, -0.2) is 47.9 Å². The molecule has 4 nitrogen and oxygen atoms in total. The van der Waals surface area contributed by atoms with Crippen molar-refractivity contribution < 1.29 is 4.79 Å². The SMILES string of the molecule is CC(c1ccc(Br)cc1)N1CCN(C(=O)C2CCC(N)C2)CC1. The Bertz CT molecular complexity index is 540. The van der Waals surface area contributed by atoms with Crippen molar-refractivity contribution in [3.8, 4) is 0 Å². The lowest BCUT2D eigenvalue weighted by Gasteiger charge is -2.39. The van der Waals surface area contributed by atoms with E-state index in [0.717, 1.165) is 49.9 Å². The highest BCUT2D eigenvalue weighted by molar-refractivity contribution is 9.10. The highest BCUT2D eigenvalue weighted by atomic mass is 79.9. The number of piperazine rings is 1. The molecule has 1 saturated carbocycles. The second kappa shape index (κ2) is 7.32. The van der Waals surface area contributed by atoms with Crippen LogP contribution in [0.25, 0.3) is 0 Å². The summed E-state index contributed by atoms with van der Waals surface area (Å²) in [6, 6.07) is 9.14. The molecule has 1 heterocycles. The van der Waals surface area contributed by atoms with Gasteiger partial charge in [-0.3, -0.25) is 9.69 Å². The fraction of sp³-hybridized carbons (Fsp3) is 0.611. The minimum Gasteiger partial charge on any atom is -0.340 e. The van der Waals surface area contributed by atoms with E-state index in [1.165, 1.54) is 5.56 Å². The van der Waals surface area contributed by atoms with E-state index in [1.54, 1.807) is 0 Å². The molecule has 2 aliphatic rings. The first kappa shape index (κ1) is 16.9. The van der Waals surface area contributed by atoms with Crippen LogP contribution in [0.3, 0.4) is 0 Å². The summed E-state index contributed by atoms with van der Waals surface area (Å²) in [7, 11) is 0. The standard InChI is InChI=1S/C18H26BrN3O/c1-13(14-2-5-16(19)6-3-14)21-8-10-22(11-9-21)18(23)15-4-7-17(20)12-15/h2-3,5-6,13,15,17H,4,7-12,20H2,1H3. The predicted molar refractivity (Wildman–Crippen MR) is 96.0 cm³/mol. The summed E-state index contributed by atoms with van der Waals surface area (Å²) >= 11 is 3.48. The second-order valence-corrected chi connectivity index (χ2v) is 7.77. The zero-order valence-corrected chi connectivity index (χ0v) is 15.3. The molecule has 126 valence electrons. The van der Waals surface area contributed by atoms with Crippen molar-refractivity contribution in [2.24, 2.45) is 11.7 Å². The summed E-state index contributed by atoms with van der Waals surface area (Å²) in [4.78, 5) is 17.1. The van der Waals surface area contributed by atoms with E-state index < -0.39 is 0 Å². The number of hydrogen-bond donors (Lipinski definition) is 1. The zero-order chi connectivity index (χ0) is 16.4. The summed E-state index contributed by atoms with van der Waals surface area (Å²) in [5, 5.41) is 0. The number of rotatable bonds is 3. The Morgan fingerprint density at radius 2 is 1.83 bits per heavy atom. The van der Waals surface area contributed by atoms with Crippen LogP contribution in [-0.2, 0) is 4.79 Å². The van der Waals surface area contributed by atoms with Crippen LogP contribution in [0.15, 0.2) is 28.7 Å². The Morgan fingerprint density at radius 1 is 1.17 bits per heavy atom. The topological polar surface area (TPSA) is 49.6 Å². The maximum Gasteiger partial charge on any atom is 0.225 e. The number of nitrogens with zero attached hydrogens (tertiary/aromatic N) is 2. The number of benzene rings is 1. The number of nitrogens with two attached hydrogens (primary N) is 1. The van der Waals surface area contributed by atoms with Crippen LogP contribution >= 0.6 is 15.9 Å². The Kier molecular flexibility index (Phi) is 5.39. The molecule has 1 aromatic rings. The van der Waals surface area contributed by atoms with Gasteiger partial charge in [0.2, 0.25) is 5.91 Å². The summed E-state index contributed by atoms with van der Waals surface area (Å²) < 4.78 is 1.11. The van der Waals surface area contributed by atoms with Gasteiger partial charge in [0, 0.05) is 48.7 Å². The first-order valence-electron chi connectivity index (χ1n) is 8.58. The fourth-order valence-electron chi connectivity index (χ4n) is 3.78. The number of halogens is 1. The van der Waals surface area contributed by atoms with Crippen LogP contribution in [0.2, 0.25) is 0 Å². The minimum absolute atomic E-state index is 0.167. The number of amides is 1. The van der Waals surface area contributed by atoms with Gasteiger partial charge in [-0.25, -0.2) is 0 Å². The molecule has 0 spiro atoms. The van der Waals surface area contributed by atoms with E-state index in [-0.39, 0.29) is 12.0 Å². The largest absolute Gasteiger partial charge is 0.340 e. The van der Waals surface area contributed by atoms with Crippen molar-refractivity contribution in [3.05, 3.63) is 34.3 Å². The third-order valence-electron chi connectivity index (χ3n) is 5.35. The summed E-state index contributed by atoms with van der Waals surface area (Å²) in [6.07, 6.45) is 2.83. The van der Waals surface area contributed by atoms with Gasteiger partial charge in [-0.05, 0) is 43.9 Å². The maximum atomic E-state index is 12.6. The smallest absolute Gasteiger partial charge is 0.225 e. The lowest BCUT2D eigenvalue weighted by molar-refractivity contribution is -0.137. The molecule has 2 fully saturated rings. The van der Waals surface area contributed by atoms with Gasteiger partial charge in [-0.1, -0.05) is 28.1 Å². The van der Waals surface area contributed by atoms with Crippen LogP contribution in [0.1, 0.15) is 37.8 Å². The van der Waals surface area contributed by atoms with E-state index in [0.29, 0.717) is 11.9 Å². The summed E-state index contributed by atoms with van der Waals surface area (Å²) in [5.41, 5.74) is 7.28. The van der Waals surface area contributed by atoms with Crippen molar-refractivity contribution in [3.63, 3.8) is 0 Å². The summed E-state index contributed by atoms with van der Waals surface area (Å²) in [5.74, 6) is 0.495. The quantitative estimate of drug-likeness (QED) is 0.878. The molecule has 1 amide bonds. The van der Waals surface area contributed by atoms with Gasteiger partial charge in [-0.2, -0.15) is 0 Å². The average molecular weight is 380 g/mol. The number of carbonyl (C=O) groups is 1. The van der Waals surface area contributed by atoms with Gasteiger partial charge in [0.25, 0.3) is 0 Å². The fourth-order valence-corrected chi connectivity index (χ4v) is 4.04. The minimum atomic E-state index is 0.167. The van der Waals surface area contributed by atoms with Crippen molar-refractivity contribution in [1.82, 2.24) is 9.80 Å². The average Bonchev–Trinajstić information content (AvgIpc) is 3.01. The van der Waals surface area contributed by atoms with Crippen LogP contribution in [0.4, 0.5) is 0 Å². The monoisotopic (exact) mass is 379 g/mol. The lowest BCUT2D eigenvalue weighted by Crippen LogP contribution is -2.50. The van der Waals surface area contributed by atoms with Gasteiger partial charge >= 0.3 is 0 Å². The van der Waals surface area contributed by atoms with Gasteiger partial charge in [-0.15, -0.1) is 0 Å². The van der Waals surface area contributed by atoms with E-state index in [2.05, 4.69) is 52.0 Å². The van der Waals surface area contributed by atoms with E-state index >= 15 is 0 Å². The van der Waals surface area contributed by atoms with E-state index in [9.17, 15) is 4.79 Å². The molecule has 5 heteroatoms. The molecule has 3 rings (SSSR count). The second-order valence-electron chi connectivity index (χ2n) is 6.86.